The highest BCUT2D eigenvalue weighted by Crippen LogP contribution is 2.27. The van der Waals surface area contributed by atoms with E-state index in [0.717, 1.165) is 16.7 Å². The van der Waals surface area contributed by atoms with Crippen molar-refractivity contribution < 1.29 is 8.42 Å². The second-order valence-electron chi connectivity index (χ2n) is 5.41. The average molecular weight is 363 g/mol. The first-order chi connectivity index (χ1) is 11.4. The van der Waals surface area contributed by atoms with Crippen molar-refractivity contribution >= 4 is 21.6 Å². The molecule has 3 aromatic rings. The van der Waals surface area contributed by atoms with Crippen molar-refractivity contribution in [1.82, 2.24) is 14.8 Å². The van der Waals surface area contributed by atoms with Gasteiger partial charge in [-0.2, -0.15) is 5.10 Å². The van der Waals surface area contributed by atoms with Gasteiger partial charge in [-0.1, -0.05) is 41.9 Å². The molecular weight excluding hydrogens is 348 g/mol. The number of hydrogen-bond donors (Lipinski definition) is 1. The number of nitrogens with two attached hydrogens (primary N) is 1. The highest BCUT2D eigenvalue weighted by Gasteiger charge is 2.10. The number of halogens is 1. The molecule has 2 N–H and O–H groups in total. The third-order valence-corrected chi connectivity index (χ3v) is 4.55. The number of nitrogens with zero attached hydrogens (tertiary/aromatic N) is 3. The number of hydrogen-bond acceptors (Lipinski definition) is 4. The lowest BCUT2D eigenvalue weighted by Crippen LogP contribution is -2.14. The normalized spacial score (nSPS) is 11.6. The Morgan fingerprint density at radius 1 is 1.12 bits per heavy atom. The zero-order chi connectivity index (χ0) is 17.2. The van der Waals surface area contributed by atoms with Crippen LogP contribution in [0.25, 0.3) is 11.1 Å². The molecule has 2 aromatic carbocycles. The number of rotatable bonds is 5. The van der Waals surface area contributed by atoms with E-state index in [9.17, 15) is 8.42 Å². The monoisotopic (exact) mass is 362 g/mol. The molecule has 0 bridgehead atoms. The molecule has 0 fully saturated rings. The maximum atomic E-state index is 11.2. The highest BCUT2D eigenvalue weighted by atomic mass is 35.5. The standard InChI is InChI=1S/C16H15ClN4O2S/c17-16-7-14(4-5-15(16)9-24(18,22)23)13-3-1-2-12(6-13)8-21-11-19-10-20-21/h1-7,10-11H,8-9H2,(H2,18,22,23). The second kappa shape index (κ2) is 6.72. The molecule has 6 nitrogen and oxygen atoms in total. The Hall–Kier alpha value is -2.22. The van der Waals surface area contributed by atoms with Gasteiger partial charge in [0.1, 0.15) is 12.7 Å². The summed E-state index contributed by atoms with van der Waals surface area (Å²) in [4.78, 5) is 3.92. The van der Waals surface area contributed by atoms with E-state index >= 15 is 0 Å². The minimum absolute atomic E-state index is 0.279. The largest absolute Gasteiger partial charge is 0.249 e. The predicted octanol–water partition coefficient (Wildman–Crippen LogP) is 2.44. The fourth-order valence-corrected chi connectivity index (χ4v) is 3.42. The maximum Gasteiger partial charge on any atom is 0.213 e. The molecule has 0 saturated heterocycles. The molecule has 0 aliphatic carbocycles. The van der Waals surface area contributed by atoms with Gasteiger partial charge in [0, 0.05) is 5.02 Å². The van der Waals surface area contributed by atoms with E-state index in [1.807, 2.05) is 30.3 Å². The Balaban J connectivity index is 1.87. The zero-order valence-electron chi connectivity index (χ0n) is 12.6. The van der Waals surface area contributed by atoms with Gasteiger partial charge in [0.25, 0.3) is 0 Å². The van der Waals surface area contributed by atoms with Crippen LogP contribution in [0.4, 0.5) is 0 Å². The van der Waals surface area contributed by atoms with Crippen LogP contribution in [0.2, 0.25) is 5.02 Å². The molecule has 0 unspecified atom stereocenters. The lowest BCUT2D eigenvalue weighted by atomic mass is 10.0. The summed E-state index contributed by atoms with van der Waals surface area (Å²) in [6, 6.07) is 13.2. The first kappa shape index (κ1) is 16.6. The van der Waals surface area contributed by atoms with Crippen LogP contribution in [0.5, 0.6) is 0 Å². The quantitative estimate of drug-likeness (QED) is 0.754. The number of sulfonamides is 1. The topological polar surface area (TPSA) is 90.9 Å². The van der Waals surface area contributed by atoms with E-state index in [2.05, 4.69) is 10.1 Å². The smallest absolute Gasteiger partial charge is 0.213 e. The van der Waals surface area contributed by atoms with Crippen LogP contribution < -0.4 is 5.14 Å². The van der Waals surface area contributed by atoms with Crippen molar-refractivity contribution in [1.29, 1.82) is 0 Å². The molecule has 0 spiro atoms. The van der Waals surface area contributed by atoms with Crippen LogP contribution >= 0.6 is 11.6 Å². The zero-order valence-corrected chi connectivity index (χ0v) is 14.2. The van der Waals surface area contributed by atoms with Gasteiger partial charge in [-0.25, -0.2) is 23.2 Å². The third kappa shape index (κ3) is 4.19. The molecular formula is C16H15ClN4O2S. The number of benzene rings is 2. The summed E-state index contributed by atoms with van der Waals surface area (Å²) in [7, 11) is -3.61. The van der Waals surface area contributed by atoms with Crippen molar-refractivity contribution in [3.63, 3.8) is 0 Å². The van der Waals surface area contributed by atoms with Crippen molar-refractivity contribution in [2.24, 2.45) is 5.14 Å². The van der Waals surface area contributed by atoms with E-state index < -0.39 is 10.0 Å². The Kier molecular flexibility index (Phi) is 4.66. The van der Waals surface area contributed by atoms with Crippen LogP contribution in [-0.4, -0.2) is 23.2 Å². The summed E-state index contributed by atoms with van der Waals surface area (Å²) in [5.74, 6) is -0.279. The first-order valence-corrected chi connectivity index (χ1v) is 9.21. The van der Waals surface area contributed by atoms with Gasteiger partial charge in [-0.05, 0) is 34.4 Å². The molecule has 0 amide bonds. The van der Waals surface area contributed by atoms with Gasteiger partial charge in [-0.3, -0.25) is 0 Å². The summed E-state index contributed by atoms with van der Waals surface area (Å²) in [6.45, 7) is 0.616. The predicted molar refractivity (Wildman–Crippen MR) is 92.8 cm³/mol. The van der Waals surface area contributed by atoms with E-state index in [1.165, 1.54) is 6.33 Å². The van der Waals surface area contributed by atoms with Crippen molar-refractivity contribution in [2.75, 3.05) is 0 Å². The summed E-state index contributed by atoms with van der Waals surface area (Å²) < 4.78 is 24.2. The van der Waals surface area contributed by atoms with Crippen molar-refractivity contribution in [3.05, 3.63) is 71.3 Å². The molecule has 0 atom stereocenters. The Morgan fingerprint density at radius 3 is 2.58 bits per heavy atom. The van der Waals surface area contributed by atoms with Crippen LogP contribution in [-0.2, 0) is 22.3 Å². The van der Waals surface area contributed by atoms with Gasteiger partial charge in [0.05, 0.1) is 12.3 Å². The summed E-state index contributed by atoms with van der Waals surface area (Å²) in [5.41, 5.74) is 3.44. The van der Waals surface area contributed by atoms with Crippen LogP contribution in [0.15, 0.2) is 55.1 Å². The lowest BCUT2D eigenvalue weighted by Gasteiger charge is -2.09. The molecule has 0 aliphatic heterocycles. The molecule has 24 heavy (non-hydrogen) atoms. The molecule has 0 aliphatic rings. The molecule has 8 heteroatoms. The highest BCUT2D eigenvalue weighted by molar-refractivity contribution is 7.88. The maximum absolute atomic E-state index is 11.2. The van der Waals surface area contributed by atoms with E-state index in [-0.39, 0.29) is 5.75 Å². The summed E-state index contributed by atoms with van der Waals surface area (Å²) >= 11 is 6.20. The second-order valence-corrected chi connectivity index (χ2v) is 7.43. The van der Waals surface area contributed by atoms with Crippen LogP contribution in [0.1, 0.15) is 11.1 Å². The van der Waals surface area contributed by atoms with Gasteiger partial charge in [0.15, 0.2) is 0 Å². The van der Waals surface area contributed by atoms with E-state index in [1.54, 1.807) is 23.1 Å². The Morgan fingerprint density at radius 2 is 1.92 bits per heavy atom. The molecule has 3 rings (SSSR count). The molecule has 0 radical (unpaired) electrons. The van der Waals surface area contributed by atoms with Gasteiger partial charge >= 0.3 is 0 Å². The van der Waals surface area contributed by atoms with Gasteiger partial charge in [0.2, 0.25) is 10.0 Å². The Labute approximate surface area is 145 Å². The molecule has 1 aromatic heterocycles. The molecule has 124 valence electrons. The first-order valence-electron chi connectivity index (χ1n) is 7.11. The van der Waals surface area contributed by atoms with Crippen LogP contribution in [0, 0.1) is 0 Å². The number of primary sulfonamides is 1. The number of aromatic nitrogens is 3. The average Bonchev–Trinajstić information content (AvgIpc) is 3.01. The Bertz CT molecular complexity index is 956. The van der Waals surface area contributed by atoms with Gasteiger partial charge < -0.3 is 0 Å². The summed E-state index contributed by atoms with van der Waals surface area (Å²) in [6.07, 6.45) is 3.15. The SMILES string of the molecule is NS(=O)(=O)Cc1ccc(-c2cccc(Cn3cncn3)c2)cc1Cl. The molecule has 1 heterocycles. The van der Waals surface area contributed by atoms with Gasteiger partial charge in [-0.15, -0.1) is 0 Å². The van der Waals surface area contributed by atoms with Crippen molar-refractivity contribution in [2.45, 2.75) is 12.3 Å². The third-order valence-electron chi connectivity index (χ3n) is 3.48. The fraction of sp³-hybridized carbons (Fsp3) is 0.125. The van der Waals surface area contributed by atoms with E-state index in [4.69, 9.17) is 16.7 Å². The minimum atomic E-state index is -3.61. The fourth-order valence-electron chi connectivity index (χ4n) is 2.41. The van der Waals surface area contributed by atoms with Crippen LogP contribution in [0.3, 0.4) is 0 Å². The lowest BCUT2D eigenvalue weighted by molar-refractivity contribution is 0.597. The minimum Gasteiger partial charge on any atom is -0.249 e. The summed E-state index contributed by atoms with van der Waals surface area (Å²) in [5, 5.41) is 9.54. The molecule has 0 saturated carbocycles. The van der Waals surface area contributed by atoms with E-state index in [0.29, 0.717) is 17.1 Å². The van der Waals surface area contributed by atoms with Crippen molar-refractivity contribution in [3.8, 4) is 11.1 Å².